The van der Waals surface area contributed by atoms with Gasteiger partial charge in [-0.2, -0.15) is 18.2 Å². The molecule has 0 saturated heterocycles. The van der Waals surface area contributed by atoms with E-state index in [-0.39, 0.29) is 18.3 Å². The monoisotopic (exact) mass is 336 g/mol. The van der Waals surface area contributed by atoms with Gasteiger partial charge in [0, 0.05) is 10.7 Å². The van der Waals surface area contributed by atoms with Gasteiger partial charge in [0.2, 0.25) is 11.7 Å². The first-order valence-electron chi connectivity index (χ1n) is 5.16. The van der Waals surface area contributed by atoms with Gasteiger partial charge in [0.25, 0.3) is 0 Å². The molecule has 2 rings (SSSR count). The molecule has 2 heterocycles. The fraction of sp³-hybridized carbons (Fsp3) is 0.300. The summed E-state index contributed by atoms with van der Waals surface area (Å²) in [4.78, 5) is 8.01. The third-order valence-electron chi connectivity index (χ3n) is 2.04. The maximum absolute atomic E-state index is 11.9. The van der Waals surface area contributed by atoms with E-state index < -0.39 is 12.7 Å². The average molecular weight is 337 g/mol. The van der Waals surface area contributed by atoms with Crippen molar-refractivity contribution in [2.24, 2.45) is 0 Å². The summed E-state index contributed by atoms with van der Waals surface area (Å²) in [7, 11) is 0. The third kappa shape index (κ3) is 4.00. The van der Waals surface area contributed by atoms with Crippen molar-refractivity contribution in [2.75, 3.05) is 6.54 Å². The molecule has 0 aliphatic carbocycles. The first kappa shape index (κ1) is 13.9. The summed E-state index contributed by atoms with van der Waals surface area (Å²) in [5.41, 5.74) is 0.466. The molecular formula is C10H8BrF3N4O. The first-order valence-corrected chi connectivity index (χ1v) is 5.96. The van der Waals surface area contributed by atoms with Crippen molar-refractivity contribution in [1.29, 1.82) is 0 Å². The summed E-state index contributed by atoms with van der Waals surface area (Å²) < 4.78 is 41.3. The molecule has 0 aliphatic rings. The largest absolute Gasteiger partial charge is 0.401 e. The van der Waals surface area contributed by atoms with Crippen LogP contribution >= 0.6 is 15.9 Å². The molecule has 19 heavy (non-hydrogen) atoms. The van der Waals surface area contributed by atoms with Gasteiger partial charge >= 0.3 is 6.18 Å². The second-order valence-electron chi connectivity index (χ2n) is 3.56. The second kappa shape index (κ2) is 5.66. The summed E-state index contributed by atoms with van der Waals surface area (Å²) in [6, 6.07) is 3.47. The molecule has 0 atom stereocenters. The number of hydrogen-bond acceptors (Lipinski definition) is 5. The van der Waals surface area contributed by atoms with Gasteiger partial charge in [-0.3, -0.25) is 4.98 Å². The van der Waals surface area contributed by atoms with E-state index in [1.165, 1.54) is 0 Å². The summed E-state index contributed by atoms with van der Waals surface area (Å²) in [6.45, 7) is -1.27. The van der Waals surface area contributed by atoms with Crippen molar-refractivity contribution in [3.05, 3.63) is 28.7 Å². The molecule has 0 radical (unpaired) electrons. The quantitative estimate of drug-likeness (QED) is 0.929. The summed E-state index contributed by atoms with van der Waals surface area (Å²) in [5, 5.41) is 5.83. The van der Waals surface area contributed by atoms with E-state index in [2.05, 4.69) is 36.4 Å². The van der Waals surface area contributed by atoms with Gasteiger partial charge < -0.3 is 9.84 Å². The molecule has 2 aromatic heterocycles. The Kier molecular flexibility index (Phi) is 4.15. The predicted molar refractivity (Wildman–Crippen MR) is 63.0 cm³/mol. The van der Waals surface area contributed by atoms with Crippen molar-refractivity contribution in [1.82, 2.24) is 20.4 Å². The molecule has 0 aromatic carbocycles. The van der Waals surface area contributed by atoms with Gasteiger partial charge in [-0.05, 0) is 28.1 Å². The van der Waals surface area contributed by atoms with Crippen molar-refractivity contribution >= 4 is 15.9 Å². The second-order valence-corrected chi connectivity index (χ2v) is 4.42. The summed E-state index contributed by atoms with van der Waals surface area (Å²) in [6.07, 6.45) is -2.72. The third-order valence-corrected chi connectivity index (χ3v) is 2.68. The van der Waals surface area contributed by atoms with Crippen molar-refractivity contribution in [3.63, 3.8) is 0 Å². The van der Waals surface area contributed by atoms with Crippen LogP contribution in [0.4, 0.5) is 13.2 Å². The van der Waals surface area contributed by atoms with Crippen LogP contribution in [0.2, 0.25) is 0 Å². The minimum absolute atomic E-state index is 0.0665. The van der Waals surface area contributed by atoms with Gasteiger partial charge in [0.05, 0.1) is 13.1 Å². The van der Waals surface area contributed by atoms with E-state index in [0.717, 1.165) is 0 Å². The molecule has 102 valence electrons. The van der Waals surface area contributed by atoms with E-state index in [0.29, 0.717) is 10.2 Å². The molecule has 2 aromatic rings. The number of pyridine rings is 1. The Bertz CT molecular complexity index is 558. The zero-order chi connectivity index (χ0) is 13.9. The topological polar surface area (TPSA) is 63.8 Å². The molecule has 0 unspecified atom stereocenters. The van der Waals surface area contributed by atoms with E-state index in [1.54, 1.807) is 18.3 Å². The highest BCUT2D eigenvalue weighted by Gasteiger charge is 2.26. The van der Waals surface area contributed by atoms with Crippen LogP contribution in [0.25, 0.3) is 11.5 Å². The van der Waals surface area contributed by atoms with Gasteiger partial charge in [0.1, 0.15) is 5.69 Å². The number of hydrogen-bond donors (Lipinski definition) is 1. The Balaban J connectivity index is 2.02. The number of nitrogens with one attached hydrogen (secondary N) is 1. The maximum Gasteiger partial charge on any atom is 0.401 e. The highest BCUT2D eigenvalue weighted by atomic mass is 79.9. The first-order chi connectivity index (χ1) is 8.96. The standard InChI is InChI=1S/C10H8BrF3N4O/c11-6-2-1-3-16-8(6)9-17-7(19-18-9)4-15-5-10(12,13)14/h1-3,15H,4-5H2. The lowest BCUT2D eigenvalue weighted by Gasteiger charge is -2.05. The van der Waals surface area contributed by atoms with Crippen molar-refractivity contribution < 1.29 is 17.7 Å². The lowest BCUT2D eigenvalue weighted by Crippen LogP contribution is -2.28. The van der Waals surface area contributed by atoms with Crippen LogP contribution in [0.1, 0.15) is 5.89 Å². The molecular weight excluding hydrogens is 329 g/mol. The number of nitrogens with zero attached hydrogens (tertiary/aromatic N) is 3. The van der Waals surface area contributed by atoms with E-state index in [9.17, 15) is 13.2 Å². The van der Waals surface area contributed by atoms with Crippen molar-refractivity contribution in [3.8, 4) is 11.5 Å². The van der Waals surface area contributed by atoms with Gasteiger partial charge in [-0.15, -0.1) is 0 Å². The normalized spacial score (nSPS) is 11.8. The van der Waals surface area contributed by atoms with Gasteiger partial charge in [-0.25, -0.2) is 0 Å². The van der Waals surface area contributed by atoms with Crippen LogP contribution in [0, 0.1) is 0 Å². The Morgan fingerprint density at radius 3 is 2.84 bits per heavy atom. The molecule has 5 nitrogen and oxygen atoms in total. The van der Waals surface area contributed by atoms with E-state index >= 15 is 0 Å². The lowest BCUT2D eigenvalue weighted by molar-refractivity contribution is -0.125. The average Bonchev–Trinajstić information content (AvgIpc) is 2.76. The Labute approximate surface area is 114 Å². The summed E-state index contributed by atoms with van der Waals surface area (Å²) >= 11 is 3.27. The van der Waals surface area contributed by atoms with Crippen LogP contribution in [-0.4, -0.2) is 27.8 Å². The maximum atomic E-state index is 11.9. The summed E-state index contributed by atoms with van der Waals surface area (Å²) in [5.74, 6) is 0.285. The van der Waals surface area contributed by atoms with Crippen LogP contribution in [-0.2, 0) is 6.54 Å². The SMILES string of the molecule is FC(F)(F)CNCc1nc(-c2ncccc2Br)no1. The fourth-order valence-electron chi connectivity index (χ4n) is 1.28. The molecule has 0 saturated carbocycles. The number of aromatic nitrogens is 3. The molecule has 0 amide bonds. The van der Waals surface area contributed by atoms with E-state index in [4.69, 9.17) is 4.52 Å². The number of rotatable bonds is 4. The molecule has 1 N–H and O–H groups in total. The minimum Gasteiger partial charge on any atom is -0.337 e. The highest BCUT2D eigenvalue weighted by molar-refractivity contribution is 9.10. The number of alkyl halides is 3. The fourth-order valence-corrected chi connectivity index (χ4v) is 1.72. The molecule has 0 aliphatic heterocycles. The lowest BCUT2D eigenvalue weighted by atomic mass is 10.3. The number of halogens is 4. The van der Waals surface area contributed by atoms with Crippen LogP contribution < -0.4 is 5.32 Å². The van der Waals surface area contributed by atoms with Crippen LogP contribution in [0.3, 0.4) is 0 Å². The molecule has 0 spiro atoms. The van der Waals surface area contributed by atoms with Crippen LogP contribution in [0.15, 0.2) is 27.3 Å². The molecule has 0 bridgehead atoms. The smallest absolute Gasteiger partial charge is 0.337 e. The Hall–Kier alpha value is -1.48. The molecule has 0 fully saturated rings. The Morgan fingerprint density at radius 2 is 2.16 bits per heavy atom. The van der Waals surface area contributed by atoms with Gasteiger partial charge in [0.15, 0.2) is 0 Å². The van der Waals surface area contributed by atoms with Gasteiger partial charge in [-0.1, -0.05) is 5.16 Å². The Morgan fingerprint density at radius 1 is 1.37 bits per heavy atom. The highest BCUT2D eigenvalue weighted by Crippen LogP contribution is 2.22. The molecule has 9 heteroatoms. The zero-order valence-corrected chi connectivity index (χ0v) is 11.0. The van der Waals surface area contributed by atoms with Crippen molar-refractivity contribution in [2.45, 2.75) is 12.7 Å². The minimum atomic E-state index is -4.27. The predicted octanol–water partition coefficient (Wildman–Crippen LogP) is 2.55. The van der Waals surface area contributed by atoms with E-state index in [1.807, 2.05) is 0 Å². The zero-order valence-electron chi connectivity index (χ0n) is 9.41. The van der Waals surface area contributed by atoms with Crippen LogP contribution in [0.5, 0.6) is 0 Å².